The summed E-state index contributed by atoms with van der Waals surface area (Å²) in [5.41, 5.74) is 3.62. The highest BCUT2D eigenvalue weighted by Gasteiger charge is 2.32. The summed E-state index contributed by atoms with van der Waals surface area (Å²) >= 11 is 3.56. The number of hydrogen-bond acceptors (Lipinski definition) is 5. The maximum atomic E-state index is 13.1. The first kappa shape index (κ1) is 16.3. The Morgan fingerprint density at radius 3 is 2.76 bits per heavy atom. The van der Waals surface area contributed by atoms with E-state index in [1.807, 2.05) is 30.3 Å². The van der Waals surface area contributed by atoms with Crippen molar-refractivity contribution in [3.05, 3.63) is 45.9 Å². The van der Waals surface area contributed by atoms with Gasteiger partial charge in [-0.3, -0.25) is 4.79 Å². The SMILES string of the molecule is CN(C)CCCNc1cc(Br)c2noc3c2c1C(=O)c1ccccc1-3. The molecule has 0 unspecified atom stereocenters. The number of nitrogens with one attached hydrogen (secondary N) is 1. The number of anilines is 1. The predicted octanol–water partition coefficient (Wildman–Crippen LogP) is 4.17. The molecule has 2 aromatic carbocycles. The minimum atomic E-state index is 0.0129. The summed E-state index contributed by atoms with van der Waals surface area (Å²) in [4.78, 5) is 15.3. The topological polar surface area (TPSA) is 58.4 Å². The molecule has 6 heteroatoms. The van der Waals surface area contributed by atoms with Gasteiger partial charge in [-0.15, -0.1) is 0 Å². The maximum absolute atomic E-state index is 13.1. The Balaban J connectivity index is 1.82. The number of halogens is 1. The van der Waals surface area contributed by atoms with Crippen molar-refractivity contribution < 1.29 is 9.32 Å². The molecular weight excluding hydrogens is 382 g/mol. The smallest absolute Gasteiger partial charge is 0.196 e. The van der Waals surface area contributed by atoms with Gasteiger partial charge in [0.2, 0.25) is 0 Å². The van der Waals surface area contributed by atoms with E-state index in [-0.39, 0.29) is 5.78 Å². The van der Waals surface area contributed by atoms with Crippen LogP contribution in [-0.4, -0.2) is 43.0 Å². The number of hydrogen-bond donors (Lipinski definition) is 1. The highest BCUT2D eigenvalue weighted by Crippen LogP contribution is 2.44. The zero-order chi connectivity index (χ0) is 17.6. The molecule has 0 saturated carbocycles. The third-order valence-electron chi connectivity index (χ3n) is 4.45. The van der Waals surface area contributed by atoms with Crippen LogP contribution < -0.4 is 5.32 Å². The van der Waals surface area contributed by atoms with Crippen LogP contribution in [0.5, 0.6) is 0 Å². The molecule has 0 bridgehead atoms. The van der Waals surface area contributed by atoms with Crippen LogP contribution in [0.1, 0.15) is 22.3 Å². The van der Waals surface area contributed by atoms with Crippen molar-refractivity contribution in [2.24, 2.45) is 0 Å². The van der Waals surface area contributed by atoms with Gasteiger partial charge < -0.3 is 14.7 Å². The van der Waals surface area contributed by atoms with E-state index in [1.54, 1.807) is 0 Å². The molecular formula is C19H18BrN3O2. The first-order valence-corrected chi connectivity index (χ1v) is 9.02. The molecule has 1 aromatic heterocycles. The highest BCUT2D eigenvalue weighted by molar-refractivity contribution is 9.10. The minimum Gasteiger partial charge on any atom is -0.384 e. The number of fused-ring (bicyclic) bond motifs is 2. The molecule has 0 spiro atoms. The summed E-state index contributed by atoms with van der Waals surface area (Å²) in [6.07, 6.45) is 0.989. The van der Waals surface area contributed by atoms with E-state index >= 15 is 0 Å². The summed E-state index contributed by atoms with van der Waals surface area (Å²) in [5.74, 6) is 0.678. The van der Waals surface area contributed by atoms with Gasteiger partial charge in [0.05, 0.1) is 10.9 Å². The molecule has 0 saturated heterocycles. The van der Waals surface area contributed by atoms with Gasteiger partial charge in [-0.05, 0) is 49.1 Å². The van der Waals surface area contributed by atoms with Crippen LogP contribution in [0.2, 0.25) is 0 Å². The number of nitrogens with zero attached hydrogens (tertiary/aromatic N) is 2. The molecule has 4 rings (SSSR count). The van der Waals surface area contributed by atoms with Crippen molar-refractivity contribution in [2.45, 2.75) is 6.42 Å². The zero-order valence-corrected chi connectivity index (χ0v) is 15.7. The lowest BCUT2D eigenvalue weighted by Crippen LogP contribution is -2.18. The van der Waals surface area contributed by atoms with Gasteiger partial charge in [0, 0.05) is 27.8 Å². The minimum absolute atomic E-state index is 0.0129. The summed E-state index contributed by atoms with van der Waals surface area (Å²) in [6, 6.07) is 9.45. The van der Waals surface area contributed by atoms with E-state index in [4.69, 9.17) is 4.52 Å². The molecule has 0 atom stereocenters. The highest BCUT2D eigenvalue weighted by atomic mass is 79.9. The van der Waals surface area contributed by atoms with Gasteiger partial charge in [0.1, 0.15) is 5.52 Å². The molecule has 25 heavy (non-hydrogen) atoms. The molecule has 0 amide bonds. The van der Waals surface area contributed by atoms with Crippen molar-refractivity contribution in [1.82, 2.24) is 10.1 Å². The van der Waals surface area contributed by atoms with Gasteiger partial charge >= 0.3 is 0 Å². The quantitative estimate of drug-likeness (QED) is 0.510. The zero-order valence-electron chi connectivity index (χ0n) is 14.1. The van der Waals surface area contributed by atoms with E-state index in [1.165, 1.54) is 0 Å². The van der Waals surface area contributed by atoms with Crippen molar-refractivity contribution >= 4 is 38.3 Å². The fourth-order valence-electron chi connectivity index (χ4n) is 3.28. The van der Waals surface area contributed by atoms with E-state index in [9.17, 15) is 4.79 Å². The third kappa shape index (κ3) is 2.65. The average molecular weight is 400 g/mol. The van der Waals surface area contributed by atoms with Crippen molar-refractivity contribution in [3.63, 3.8) is 0 Å². The normalized spacial score (nSPS) is 12.7. The maximum Gasteiger partial charge on any atom is 0.196 e. The Labute approximate surface area is 154 Å². The molecule has 1 aliphatic rings. The fraction of sp³-hybridized carbons (Fsp3) is 0.263. The lowest BCUT2D eigenvalue weighted by Gasteiger charge is -2.18. The Kier molecular flexibility index (Phi) is 4.09. The van der Waals surface area contributed by atoms with E-state index < -0.39 is 0 Å². The molecule has 0 fully saturated rings. The summed E-state index contributed by atoms with van der Waals surface area (Å²) in [7, 11) is 4.10. The Morgan fingerprint density at radius 2 is 2.00 bits per heavy atom. The van der Waals surface area contributed by atoms with Crippen LogP contribution in [0.3, 0.4) is 0 Å². The Morgan fingerprint density at radius 1 is 1.24 bits per heavy atom. The standard InChI is InChI=1S/C19H18BrN3O2/c1-23(2)9-5-8-21-14-10-13(20)17-16-15(14)18(24)11-6-3-4-7-12(11)19(16)25-22-17/h3-4,6-7,10,21H,5,8-9H2,1-2H3. The van der Waals surface area contributed by atoms with Crippen LogP contribution in [-0.2, 0) is 0 Å². The van der Waals surface area contributed by atoms with Gasteiger partial charge in [-0.2, -0.15) is 0 Å². The number of carbonyl (C=O) groups excluding carboxylic acids is 1. The van der Waals surface area contributed by atoms with Gasteiger partial charge in [0.25, 0.3) is 0 Å². The van der Waals surface area contributed by atoms with Crippen LogP contribution in [0.15, 0.2) is 39.3 Å². The van der Waals surface area contributed by atoms with Gasteiger partial charge in [0.15, 0.2) is 11.5 Å². The average Bonchev–Trinajstić information content (AvgIpc) is 3.03. The van der Waals surface area contributed by atoms with Crippen molar-refractivity contribution in [3.8, 4) is 11.3 Å². The monoisotopic (exact) mass is 399 g/mol. The fourth-order valence-corrected chi connectivity index (χ4v) is 3.78. The third-order valence-corrected chi connectivity index (χ3v) is 5.05. The van der Waals surface area contributed by atoms with Gasteiger partial charge in [-0.1, -0.05) is 29.4 Å². The number of benzene rings is 2. The Bertz CT molecular complexity index is 978. The second-order valence-electron chi connectivity index (χ2n) is 6.47. The lowest BCUT2D eigenvalue weighted by molar-refractivity contribution is 0.104. The molecule has 0 radical (unpaired) electrons. The summed E-state index contributed by atoms with van der Waals surface area (Å²) in [6.45, 7) is 1.78. The largest absolute Gasteiger partial charge is 0.384 e. The summed E-state index contributed by atoms with van der Waals surface area (Å²) < 4.78 is 6.42. The van der Waals surface area contributed by atoms with Gasteiger partial charge in [-0.25, -0.2) is 0 Å². The van der Waals surface area contributed by atoms with Crippen LogP contribution in [0.25, 0.3) is 22.2 Å². The van der Waals surface area contributed by atoms with Crippen molar-refractivity contribution in [1.29, 1.82) is 0 Å². The molecule has 1 aliphatic carbocycles. The van der Waals surface area contributed by atoms with Crippen molar-refractivity contribution in [2.75, 3.05) is 32.5 Å². The van der Waals surface area contributed by atoms with E-state index in [2.05, 4.69) is 45.4 Å². The first-order valence-electron chi connectivity index (χ1n) is 8.22. The molecule has 1 N–H and O–H groups in total. The number of aromatic nitrogens is 1. The van der Waals surface area contributed by atoms with E-state index in [0.29, 0.717) is 22.4 Å². The first-order chi connectivity index (χ1) is 12.1. The Hall–Kier alpha value is -2.18. The molecule has 3 aromatic rings. The van der Waals surface area contributed by atoms with E-state index in [0.717, 1.165) is 40.6 Å². The number of rotatable bonds is 5. The van der Waals surface area contributed by atoms with Crippen LogP contribution in [0.4, 0.5) is 5.69 Å². The molecule has 128 valence electrons. The second-order valence-corrected chi connectivity index (χ2v) is 7.33. The second kappa shape index (κ2) is 6.28. The summed E-state index contributed by atoms with van der Waals surface area (Å²) in [5, 5.41) is 8.38. The molecule has 1 heterocycles. The lowest BCUT2D eigenvalue weighted by atomic mass is 9.87. The number of ketones is 1. The van der Waals surface area contributed by atoms with Crippen LogP contribution >= 0.6 is 15.9 Å². The number of carbonyl (C=O) groups is 1. The predicted molar refractivity (Wildman–Crippen MR) is 102 cm³/mol. The molecule has 0 aliphatic heterocycles. The van der Waals surface area contributed by atoms with Crippen LogP contribution in [0, 0.1) is 0 Å². The molecule has 5 nitrogen and oxygen atoms in total.